The van der Waals surface area contributed by atoms with Gasteiger partial charge in [0.2, 0.25) is 0 Å². The van der Waals surface area contributed by atoms with E-state index in [0.29, 0.717) is 0 Å². The Morgan fingerprint density at radius 3 is 1.82 bits per heavy atom. The summed E-state index contributed by atoms with van der Waals surface area (Å²) in [5.41, 5.74) is 0. The molecule has 2 rings (SSSR count). The van der Waals surface area contributed by atoms with E-state index in [-0.39, 0.29) is 0 Å². The van der Waals surface area contributed by atoms with Gasteiger partial charge in [0.25, 0.3) is 0 Å². The van der Waals surface area contributed by atoms with Gasteiger partial charge in [0.15, 0.2) is 0 Å². The summed E-state index contributed by atoms with van der Waals surface area (Å²) >= 11 is 0. The van der Waals surface area contributed by atoms with Crippen molar-refractivity contribution in [2.24, 2.45) is 23.7 Å². The lowest BCUT2D eigenvalue weighted by molar-refractivity contribution is 0.0913. The second-order valence-electron chi connectivity index (χ2n) is 6.81. The first kappa shape index (κ1) is 13.4. The van der Waals surface area contributed by atoms with Gasteiger partial charge in [-0.3, -0.25) is 0 Å². The van der Waals surface area contributed by atoms with Crippen LogP contribution in [0.15, 0.2) is 0 Å². The number of hydrogen-bond donors (Lipinski definition) is 0. The lowest BCUT2D eigenvalue weighted by atomic mass is 9.63. The minimum Gasteiger partial charge on any atom is -0.0654 e. The molecule has 0 amide bonds. The molecule has 17 heavy (non-hydrogen) atoms. The minimum atomic E-state index is 1.09. The van der Waals surface area contributed by atoms with Crippen molar-refractivity contribution in [3.05, 3.63) is 0 Å². The first-order valence-corrected chi connectivity index (χ1v) is 8.33. The number of rotatable bonds is 5. The molecular formula is C17H32. The van der Waals surface area contributed by atoms with E-state index in [2.05, 4.69) is 13.8 Å². The fourth-order valence-corrected chi connectivity index (χ4v) is 4.51. The smallest absolute Gasteiger partial charge is 0.0383 e. The second kappa shape index (κ2) is 6.81. The first-order valence-electron chi connectivity index (χ1n) is 8.33. The molecule has 0 nitrogen and oxygen atoms in total. The molecule has 4 atom stereocenters. The molecule has 0 bridgehead atoms. The molecule has 100 valence electrons. The molecule has 2 fully saturated rings. The van der Waals surface area contributed by atoms with E-state index < -0.39 is 0 Å². The van der Waals surface area contributed by atoms with Gasteiger partial charge in [-0.2, -0.15) is 0 Å². The maximum atomic E-state index is 2.35. The highest BCUT2D eigenvalue weighted by atomic mass is 14.4. The van der Waals surface area contributed by atoms with Crippen molar-refractivity contribution >= 4 is 0 Å². The minimum absolute atomic E-state index is 1.09. The number of unbranched alkanes of at least 4 members (excludes halogenated alkanes) is 1. The van der Waals surface area contributed by atoms with Crippen LogP contribution in [0, 0.1) is 23.7 Å². The Hall–Kier alpha value is 0. The molecular weight excluding hydrogens is 204 g/mol. The fraction of sp³-hybridized carbons (Fsp3) is 1.00. The van der Waals surface area contributed by atoms with Crippen molar-refractivity contribution < 1.29 is 0 Å². The summed E-state index contributed by atoms with van der Waals surface area (Å²) in [5, 5.41) is 0. The van der Waals surface area contributed by atoms with Crippen LogP contribution in [-0.2, 0) is 0 Å². The van der Waals surface area contributed by atoms with Crippen molar-refractivity contribution in [2.45, 2.75) is 84.5 Å². The summed E-state index contributed by atoms with van der Waals surface area (Å²) in [6, 6.07) is 0. The Morgan fingerprint density at radius 2 is 1.29 bits per heavy atom. The standard InChI is InChI=1S/C17H32/c1-3-5-7-15-9-11-16-12-14(6-4-2)8-10-17(16)13-15/h14-17H,3-13H2,1-2H3. The molecule has 0 spiro atoms. The lowest BCUT2D eigenvalue weighted by Crippen LogP contribution is -2.31. The summed E-state index contributed by atoms with van der Waals surface area (Å²) in [4.78, 5) is 0. The molecule has 4 unspecified atom stereocenters. The Labute approximate surface area is 109 Å². The quantitative estimate of drug-likeness (QED) is 0.565. The van der Waals surface area contributed by atoms with Gasteiger partial charge in [0, 0.05) is 0 Å². The molecule has 2 aliphatic rings. The van der Waals surface area contributed by atoms with E-state index in [4.69, 9.17) is 0 Å². The Balaban J connectivity index is 1.76. The summed E-state index contributed by atoms with van der Waals surface area (Å²) in [5.74, 6) is 4.43. The Morgan fingerprint density at radius 1 is 0.706 bits per heavy atom. The van der Waals surface area contributed by atoms with Gasteiger partial charge in [-0.05, 0) is 49.4 Å². The molecule has 0 heterocycles. The first-order chi connectivity index (χ1) is 8.33. The summed E-state index contributed by atoms with van der Waals surface area (Å²) in [7, 11) is 0. The Bertz CT molecular complexity index is 208. The molecule has 0 aliphatic heterocycles. The van der Waals surface area contributed by atoms with Crippen LogP contribution in [0.3, 0.4) is 0 Å². The van der Waals surface area contributed by atoms with Gasteiger partial charge in [-0.15, -0.1) is 0 Å². The molecule has 2 aliphatic carbocycles. The number of hydrogen-bond acceptors (Lipinski definition) is 0. The van der Waals surface area contributed by atoms with Gasteiger partial charge in [-0.1, -0.05) is 58.8 Å². The van der Waals surface area contributed by atoms with Crippen molar-refractivity contribution in [1.29, 1.82) is 0 Å². The van der Waals surface area contributed by atoms with Gasteiger partial charge < -0.3 is 0 Å². The van der Waals surface area contributed by atoms with E-state index in [1.807, 2.05) is 0 Å². The monoisotopic (exact) mass is 236 g/mol. The van der Waals surface area contributed by atoms with Crippen LogP contribution in [0.5, 0.6) is 0 Å². The molecule has 0 N–H and O–H groups in total. The number of fused-ring (bicyclic) bond motifs is 1. The zero-order chi connectivity index (χ0) is 12.1. The predicted octanol–water partition coefficient (Wildman–Crippen LogP) is 5.81. The van der Waals surface area contributed by atoms with Crippen LogP contribution in [0.4, 0.5) is 0 Å². The van der Waals surface area contributed by atoms with Crippen LogP contribution in [-0.4, -0.2) is 0 Å². The molecule has 0 radical (unpaired) electrons. The van der Waals surface area contributed by atoms with Gasteiger partial charge >= 0.3 is 0 Å². The normalized spacial score (nSPS) is 37.8. The van der Waals surface area contributed by atoms with Gasteiger partial charge in [0.05, 0.1) is 0 Å². The fourth-order valence-electron chi connectivity index (χ4n) is 4.51. The van der Waals surface area contributed by atoms with Crippen molar-refractivity contribution in [1.82, 2.24) is 0 Å². The zero-order valence-corrected chi connectivity index (χ0v) is 12.1. The highest BCUT2D eigenvalue weighted by Crippen LogP contribution is 2.46. The average molecular weight is 236 g/mol. The summed E-state index contributed by atoms with van der Waals surface area (Å²) in [6.07, 6.45) is 16.7. The Kier molecular flexibility index (Phi) is 5.38. The van der Waals surface area contributed by atoms with Crippen LogP contribution < -0.4 is 0 Å². The van der Waals surface area contributed by atoms with E-state index in [1.54, 1.807) is 38.5 Å². The molecule has 0 heteroatoms. The van der Waals surface area contributed by atoms with E-state index in [1.165, 1.54) is 32.1 Å². The van der Waals surface area contributed by atoms with Crippen molar-refractivity contribution in [3.63, 3.8) is 0 Å². The van der Waals surface area contributed by atoms with Crippen LogP contribution in [0.2, 0.25) is 0 Å². The maximum Gasteiger partial charge on any atom is -0.0383 e. The maximum absolute atomic E-state index is 2.35. The largest absolute Gasteiger partial charge is 0.0654 e. The van der Waals surface area contributed by atoms with Crippen molar-refractivity contribution in [2.75, 3.05) is 0 Å². The van der Waals surface area contributed by atoms with Crippen LogP contribution in [0.1, 0.15) is 84.5 Å². The molecule has 0 aromatic heterocycles. The molecule has 0 aromatic carbocycles. The third-order valence-electron chi connectivity index (χ3n) is 5.49. The molecule has 0 saturated heterocycles. The highest BCUT2D eigenvalue weighted by Gasteiger charge is 2.34. The van der Waals surface area contributed by atoms with E-state index in [0.717, 1.165) is 23.7 Å². The zero-order valence-electron chi connectivity index (χ0n) is 12.1. The van der Waals surface area contributed by atoms with Crippen LogP contribution in [0.25, 0.3) is 0 Å². The van der Waals surface area contributed by atoms with Gasteiger partial charge in [-0.25, -0.2) is 0 Å². The third kappa shape index (κ3) is 3.73. The molecule has 0 aromatic rings. The van der Waals surface area contributed by atoms with Crippen molar-refractivity contribution in [3.8, 4) is 0 Å². The third-order valence-corrected chi connectivity index (χ3v) is 5.49. The summed E-state index contributed by atoms with van der Waals surface area (Å²) in [6.45, 7) is 4.69. The topological polar surface area (TPSA) is 0 Å². The van der Waals surface area contributed by atoms with Gasteiger partial charge in [0.1, 0.15) is 0 Å². The molecule has 2 saturated carbocycles. The summed E-state index contributed by atoms with van der Waals surface area (Å²) < 4.78 is 0. The van der Waals surface area contributed by atoms with E-state index in [9.17, 15) is 0 Å². The average Bonchev–Trinajstić information content (AvgIpc) is 2.36. The van der Waals surface area contributed by atoms with Crippen LogP contribution >= 0.6 is 0 Å². The lowest BCUT2D eigenvalue weighted by Gasteiger charge is -2.42. The predicted molar refractivity (Wildman–Crippen MR) is 76.1 cm³/mol. The SMILES string of the molecule is CCCCC1CCC2CC(CCC)CCC2C1. The highest BCUT2D eigenvalue weighted by molar-refractivity contribution is 4.86. The van der Waals surface area contributed by atoms with E-state index >= 15 is 0 Å². The second-order valence-corrected chi connectivity index (χ2v) is 6.81.